The maximum atomic E-state index is 13.1. The molecular formula is C16H18FN3O3S. The number of nitrogens with zero attached hydrogens (tertiary/aromatic N) is 2. The number of carbonyl (C=O) groups is 1. The van der Waals surface area contributed by atoms with E-state index in [0.29, 0.717) is 5.69 Å². The average Bonchev–Trinajstić information content (AvgIpc) is 2.53. The molecule has 8 heteroatoms. The van der Waals surface area contributed by atoms with E-state index in [1.807, 2.05) is 0 Å². The van der Waals surface area contributed by atoms with E-state index in [2.05, 4.69) is 10.3 Å². The SMILES string of the molecule is CC[C@H](C(=O)Nc1cccnc1)N(c1ccc(F)cc1)S(C)(=O)=O. The monoisotopic (exact) mass is 351 g/mol. The molecule has 0 aliphatic carbocycles. The lowest BCUT2D eigenvalue weighted by Gasteiger charge is -2.30. The molecule has 0 aliphatic rings. The van der Waals surface area contributed by atoms with Gasteiger partial charge in [-0.05, 0) is 42.8 Å². The molecule has 1 heterocycles. The predicted octanol–water partition coefficient (Wildman–Crippen LogP) is 2.40. The topological polar surface area (TPSA) is 79.4 Å². The summed E-state index contributed by atoms with van der Waals surface area (Å²) >= 11 is 0. The summed E-state index contributed by atoms with van der Waals surface area (Å²) < 4.78 is 38.5. The zero-order valence-electron chi connectivity index (χ0n) is 13.3. The molecular weight excluding hydrogens is 333 g/mol. The second kappa shape index (κ2) is 7.39. The van der Waals surface area contributed by atoms with E-state index >= 15 is 0 Å². The summed E-state index contributed by atoms with van der Waals surface area (Å²) in [6.45, 7) is 1.70. The molecule has 2 aromatic rings. The molecule has 2 rings (SSSR count). The van der Waals surface area contributed by atoms with E-state index in [-0.39, 0.29) is 12.1 Å². The van der Waals surface area contributed by atoms with Crippen molar-refractivity contribution in [3.05, 3.63) is 54.6 Å². The number of nitrogens with one attached hydrogen (secondary N) is 1. The maximum Gasteiger partial charge on any atom is 0.248 e. The summed E-state index contributed by atoms with van der Waals surface area (Å²) in [5, 5.41) is 2.65. The molecule has 24 heavy (non-hydrogen) atoms. The maximum absolute atomic E-state index is 13.1. The number of anilines is 2. The molecule has 0 aliphatic heterocycles. The largest absolute Gasteiger partial charge is 0.323 e. The van der Waals surface area contributed by atoms with Gasteiger partial charge in [0.05, 0.1) is 23.8 Å². The second-order valence-electron chi connectivity index (χ2n) is 5.19. The zero-order chi connectivity index (χ0) is 17.7. The minimum atomic E-state index is -3.75. The highest BCUT2D eigenvalue weighted by Gasteiger charge is 2.31. The molecule has 1 atom stereocenters. The number of amides is 1. The third-order valence-corrected chi connectivity index (χ3v) is 4.52. The van der Waals surface area contributed by atoms with Crippen LogP contribution in [0.3, 0.4) is 0 Å². The van der Waals surface area contributed by atoms with E-state index in [9.17, 15) is 17.6 Å². The molecule has 0 unspecified atom stereocenters. The number of benzene rings is 1. The number of carbonyl (C=O) groups excluding carboxylic acids is 1. The highest BCUT2D eigenvalue weighted by atomic mass is 32.2. The molecule has 0 radical (unpaired) electrons. The van der Waals surface area contributed by atoms with Gasteiger partial charge in [-0.1, -0.05) is 6.92 Å². The minimum Gasteiger partial charge on any atom is -0.323 e. The lowest BCUT2D eigenvalue weighted by Crippen LogP contribution is -2.47. The van der Waals surface area contributed by atoms with Crippen LogP contribution in [0.4, 0.5) is 15.8 Å². The van der Waals surface area contributed by atoms with Crippen LogP contribution in [0.5, 0.6) is 0 Å². The van der Waals surface area contributed by atoms with Crippen molar-refractivity contribution in [2.45, 2.75) is 19.4 Å². The summed E-state index contributed by atoms with van der Waals surface area (Å²) in [6.07, 6.45) is 4.29. The van der Waals surface area contributed by atoms with E-state index in [1.165, 1.54) is 18.3 Å². The van der Waals surface area contributed by atoms with Crippen LogP contribution in [0.15, 0.2) is 48.8 Å². The fraction of sp³-hybridized carbons (Fsp3) is 0.250. The Balaban J connectivity index is 2.35. The number of pyridine rings is 1. The fourth-order valence-electron chi connectivity index (χ4n) is 2.31. The van der Waals surface area contributed by atoms with Gasteiger partial charge in [0.25, 0.3) is 0 Å². The third-order valence-electron chi connectivity index (χ3n) is 3.34. The zero-order valence-corrected chi connectivity index (χ0v) is 14.1. The Labute approximate surface area is 140 Å². The number of halogens is 1. The van der Waals surface area contributed by atoms with Crippen molar-refractivity contribution in [1.82, 2.24) is 4.98 Å². The van der Waals surface area contributed by atoms with Crippen LogP contribution in [0.25, 0.3) is 0 Å². The fourth-order valence-corrected chi connectivity index (χ4v) is 3.52. The average molecular weight is 351 g/mol. The minimum absolute atomic E-state index is 0.229. The van der Waals surface area contributed by atoms with Gasteiger partial charge >= 0.3 is 0 Å². The number of hydrogen-bond donors (Lipinski definition) is 1. The van der Waals surface area contributed by atoms with Gasteiger partial charge < -0.3 is 5.32 Å². The first-order valence-electron chi connectivity index (χ1n) is 7.28. The van der Waals surface area contributed by atoms with Gasteiger partial charge in [-0.2, -0.15) is 0 Å². The van der Waals surface area contributed by atoms with Crippen LogP contribution >= 0.6 is 0 Å². The van der Waals surface area contributed by atoms with Crippen molar-refractivity contribution < 1.29 is 17.6 Å². The molecule has 128 valence electrons. The number of sulfonamides is 1. The van der Waals surface area contributed by atoms with Gasteiger partial charge in [0.2, 0.25) is 15.9 Å². The van der Waals surface area contributed by atoms with Crippen molar-refractivity contribution in [2.75, 3.05) is 15.9 Å². The van der Waals surface area contributed by atoms with Crippen LogP contribution < -0.4 is 9.62 Å². The Morgan fingerprint density at radius 2 is 1.96 bits per heavy atom. The first-order chi connectivity index (χ1) is 11.3. The van der Waals surface area contributed by atoms with E-state index in [4.69, 9.17) is 0 Å². The van der Waals surface area contributed by atoms with Gasteiger partial charge in [-0.15, -0.1) is 0 Å². The molecule has 0 bridgehead atoms. The summed E-state index contributed by atoms with van der Waals surface area (Å²) in [5.41, 5.74) is 0.695. The van der Waals surface area contributed by atoms with Crippen molar-refractivity contribution in [3.8, 4) is 0 Å². The highest BCUT2D eigenvalue weighted by Crippen LogP contribution is 2.23. The Bertz CT molecular complexity index is 795. The van der Waals surface area contributed by atoms with Crippen molar-refractivity contribution >= 4 is 27.3 Å². The first-order valence-corrected chi connectivity index (χ1v) is 9.13. The van der Waals surface area contributed by atoms with Gasteiger partial charge in [0, 0.05) is 6.20 Å². The van der Waals surface area contributed by atoms with Gasteiger partial charge in [-0.25, -0.2) is 12.8 Å². The predicted molar refractivity (Wildman–Crippen MR) is 90.7 cm³/mol. The Morgan fingerprint density at radius 3 is 2.46 bits per heavy atom. The van der Waals surface area contributed by atoms with Crippen molar-refractivity contribution in [2.24, 2.45) is 0 Å². The smallest absolute Gasteiger partial charge is 0.248 e. The first kappa shape index (κ1) is 17.9. The summed E-state index contributed by atoms with van der Waals surface area (Å²) in [7, 11) is -3.75. The number of hydrogen-bond acceptors (Lipinski definition) is 4. The van der Waals surface area contributed by atoms with Gasteiger partial charge in [0.1, 0.15) is 11.9 Å². The van der Waals surface area contributed by atoms with Gasteiger partial charge in [0.15, 0.2) is 0 Å². The number of aromatic nitrogens is 1. The summed E-state index contributed by atoms with van der Waals surface area (Å²) in [4.78, 5) is 16.4. The lowest BCUT2D eigenvalue weighted by molar-refractivity contribution is -0.117. The molecule has 1 amide bonds. The molecule has 1 aromatic heterocycles. The van der Waals surface area contributed by atoms with Gasteiger partial charge in [-0.3, -0.25) is 14.1 Å². The standard InChI is InChI=1S/C16H18FN3O3S/c1-3-15(16(21)19-13-5-4-10-18-11-13)20(24(2,22)23)14-8-6-12(17)7-9-14/h4-11,15H,3H2,1-2H3,(H,19,21)/t15-/m1/s1. The van der Waals surface area contributed by atoms with Crippen LogP contribution in [-0.4, -0.2) is 31.6 Å². The third kappa shape index (κ3) is 4.29. The highest BCUT2D eigenvalue weighted by molar-refractivity contribution is 7.92. The summed E-state index contributed by atoms with van der Waals surface area (Å²) in [6, 6.07) is 7.31. The quantitative estimate of drug-likeness (QED) is 0.867. The van der Waals surface area contributed by atoms with E-state index in [0.717, 1.165) is 22.7 Å². The summed E-state index contributed by atoms with van der Waals surface area (Å²) in [5.74, 6) is -0.972. The molecule has 1 N–H and O–H groups in total. The Kier molecular flexibility index (Phi) is 5.50. The molecule has 6 nitrogen and oxygen atoms in total. The second-order valence-corrected chi connectivity index (χ2v) is 7.05. The van der Waals surface area contributed by atoms with Crippen molar-refractivity contribution in [1.29, 1.82) is 0 Å². The Morgan fingerprint density at radius 1 is 1.29 bits per heavy atom. The number of rotatable bonds is 6. The molecule has 1 aromatic carbocycles. The van der Waals surface area contributed by atoms with Crippen LogP contribution in [0, 0.1) is 5.82 Å². The van der Waals surface area contributed by atoms with E-state index < -0.39 is 27.8 Å². The Hall–Kier alpha value is -2.48. The molecule has 0 saturated heterocycles. The van der Waals surface area contributed by atoms with Crippen molar-refractivity contribution in [3.63, 3.8) is 0 Å². The van der Waals surface area contributed by atoms with Crippen LogP contribution in [0.1, 0.15) is 13.3 Å². The molecule has 0 spiro atoms. The van der Waals surface area contributed by atoms with Crippen LogP contribution in [0.2, 0.25) is 0 Å². The van der Waals surface area contributed by atoms with E-state index in [1.54, 1.807) is 25.3 Å². The molecule has 0 saturated carbocycles. The van der Waals surface area contributed by atoms with Crippen LogP contribution in [-0.2, 0) is 14.8 Å². The molecule has 0 fully saturated rings. The lowest BCUT2D eigenvalue weighted by atomic mass is 10.2. The normalized spacial score (nSPS) is 12.5.